The molecule has 0 fully saturated rings. The van der Waals surface area contributed by atoms with Crippen LogP contribution in [0.4, 0.5) is 10.1 Å². The van der Waals surface area contributed by atoms with E-state index in [1.54, 1.807) is 12.1 Å². The molecule has 0 saturated heterocycles. The summed E-state index contributed by atoms with van der Waals surface area (Å²) in [4.78, 5) is 0. The Morgan fingerprint density at radius 3 is 2.25 bits per heavy atom. The molecule has 2 aromatic carbocycles. The predicted molar refractivity (Wildman–Crippen MR) is 83.5 cm³/mol. The SMILES string of the molecule is CCCCc1ccc(C(C)Nc2ccc(F)cc2)cc1. The van der Waals surface area contributed by atoms with Crippen LogP contribution in [0.1, 0.15) is 43.9 Å². The third-order valence-electron chi connectivity index (χ3n) is 3.53. The van der Waals surface area contributed by atoms with E-state index in [1.165, 1.54) is 36.1 Å². The first-order valence-corrected chi connectivity index (χ1v) is 7.30. The smallest absolute Gasteiger partial charge is 0.123 e. The monoisotopic (exact) mass is 271 g/mol. The molecule has 0 heterocycles. The van der Waals surface area contributed by atoms with Gasteiger partial charge in [0.15, 0.2) is 0 Å². The average Bonchev–Trinajstić information content (AvgIpc) is 2.48. The lowest BCUT2D eigenvalue weighted by Crippen LogP contribution is -2.06. The number of halogens is 1. The largest absolute Gasteiger partial charge is 0.379 e. The molecule has 2 aromatic rings. The summed E-state index contributed by atoms with van der Waals surface area (Å²) in [6, 6.07) is 15.4. The van der Waals surface area contributed by atoms with Crippen molar-refractivity contribution in [3.63, 3.8) is 0 Å². The first-order chi connectivity index (χ1) is 9.69. The lowest BCUT2D eigenvalue weighted by molar-refractivity contribution is 0.628. The number of hydrogen-bond acceptors (Lipinski definition) is 1. The zero-order valence-electron chi connectivity index (χ0n) is 12.2. The summed E-state index contributed by atoms with van der Waals surface area (Å²) in [5, 5.41) is 3.38. The van der Waals surface area contributed by atoms with Crippen molar-refractivity contribution in [2.24, 2.45) is 0 Å². The summed E-state index contributed by atoms with van der Waals surface area (Å²) < 4.78 is 12.9. The Labute approximate surface area is 120 Å². The van der Waals surface area contributed by atoms with Gasteiger partial charge in [-0.05, 0) is 55.2 Å². The first kappa shape index (κ1) is 14.6. The van der Waals surface area contributed by atoms with Gasteiger partial charge in [0.05, 0.1) is 0 Å². The van der Waals surface area contributed by atoms with E-state index in [-0.39, 0.29) is 11.9 Å². The van der Waals surface area contributed by atoms with Gasteiger partial charge in [0, 0.05) is 11.7 Å². The Bertz CT molecular complexity index is 516. The Kier molecular flexibility index (Phi) is 5.16. The Hall–Kier alpha value is -1.83. The number of unbranched alkanes of at least 4 members (excludes halogenated alkanes) is 1. The van der Waals surface area contributed by atoms with Gasteiger partial charge in [-0.3, -0.25) is 0 Å². The molecule has 0 aromatic heterocycles. The number of hydrogen-bond donors (Lipinski definition) is 1. The van der Waals surface area contributed by atoms with Crippen LogP contribution in [0, 0.1) is 5.82 Å². The van der Waals surface area contributed by atoms with Crippen LogP contribution in [0.5, 0.6) is 0 Å². The van der Waals surface area contributed by atoms with Gasteiger partial charge in [-0.15, -0.1) is 0 Å². The lowest BCUT2D eigenvalue weighted by Gasteiger charge is -2.16. The van der Waals surface area contributed by atoms with E-state index in [0.29, 0.717) is 0 Å². The van der Waals surface area contributed by atoms with Crippen LogP contribution in [0.25, 0.3) is 0 Å². The van der Waals surface area contributed by atoms with Crippen molar-refractivity contribution in [3.05, 3.63) is 65.5 Å². The minimum absolute atomic E-state index is 0.205. The van der Waals surface area contributed by atoms with Crippen LogP contribution in [0.15, 0.2) is 48.5 Å². The van der Waals surface area contributed by atoms with Crippen LogP contribution in [0.2, 0.25) is 0 Å². The van der Waals surface area contributed by atoms with Crippen LogP contribution in [0.3, 0.4) is 0 Å². The highest BCUT2D eigenvalue weighted by molar-refractivity contribution is 5.45. The van der Waals surface area contributed by atoms with Gasteiger partial charge in [-0.2, -0.15) is 0 Å². The van der Waals surface area contributed by atoms with Gasteiger partial charge in [-0.25, -0.2) is 4.39 Å². The van der Waals surface area contributed by atoms with Crippen LogP contribution < -0.4 is 5.32 Å². The Morgan fingerprint density at radius 1 is 1.00 bits per heavy atom. The zero-order chi connectivity index (χ0) is 14.4. The summed E-state index contributed by atoms with van der Waals surface area (Å²) >= 11 is 0. The number of benzene rings is 2. The third-order valence-corrected chi connectivity index (χ3v) is 3.53. The molecule has 1 unspecified atom stereocenters. The maximum Gasteiger partial charge on any atom is 0.123 e. The minimum Gasteiger partial charge on any atom is -0.379 e. The Morgan fingerprint density at radius 2 is 1.65 bits per heavy atom. The molecule has 0 aliphatic rings. The van der Waals surface area contributed by atoms with Crippen LogP contribution >= 0.6 is 0 Å². The summed E-state index contributed by atoms with van der Waals surface area (Å²) in [7, 11) is 0. The molecular formula is C18H22FN. The van der Waals surface area contributed by atoms with Gasteiger partial charge in [0.1, 0.15) is 5.82 Å². The molecule has 1 nitrogen and oxygen atoms in total. The quantitative estimate of drug-likeness (QED) is 0.747. The molecule has 2 heteroatoms. The third kappa shape index (κ3) is 4.09. The highest BCUT2D eigenvalue weighted by Crippen LogP contribution is 2.20. The molecule has 1 N–H and O–H groups in total. The van der Waals surface area contributed by atoms with E-state index in [0.717, 1.165) is 12.1 Å². The van der Waals surface area contributed by atoms with Crippen molar-refractivity contribution in [3.8, 4) is 0 Å². The van der Waals surface area contributed by atoms with Gasteiger partial charge in [0.25, 0.3) is 0 Å². The predicted octanol–water partition coefficient (Wildman–Crippen LogP) is 5.34. The highest BCUT2D eigenvalue weighted by atomic mass is 19.1. The zero-order valence-corrected chi connectivity index (χ0v) is 12.2. The summed E-state index contributed by atoms with van der Waals surface area (Å²) in [6.45, 7) is 4.33. The number of rotatable bonds is 6. The van der Waals surface area contributed by atoms with E-state index in [2.05, 4.69) is 43.4 Å². The van der Waals surface area contributed by atoms with E-state index >= 15 is 0 Å². The second-order valence-electron chi connectivity index (χ2n) is 5.22. The van der Waals surface area contributed by atoms with Gasteiger partial charge < -0.3 is 5.32 Å². The number of anilines is 1. The molecule has 0 saturated carbocycles. The van der Waals surface area contributed by atoms with Crippen molar-refractivity contribution in [2.75, 3.05) is 5.32 Å². The fourth-order valence-corrected chi connectivity index (χ4v) is 2.23. The maximum absolute atomic E-state index is 12.9. The molecule has 0 bridgehead atoms. The van der Waals surface area contributed by atoms with Crippen molar-refractivity contribution in [2.45, 2.75) is 39.2 Å². The molecule has 0 radical (unpaired) electrons. The normalized spacial score (nSPS) is 12.2. The van der Waals surface area contributed by atoms with Gasteiger partial charge in [-0.1, -0.05) is 37.6 Å². The van der Waals surface area contributed by atoms with E-state index in [9.17, 15) is 4.39 Å². The van der Waals surface area contributed by atoms with Crippen LogP contribution in [-0.2, 0) is 6.42 Å². The maximum atomic E-state index is 12.9. The minimum atomic E-state index is -0.205. The summed E-state index contributed by atoms with van der Waals surface area (Å²) in [5.41, 5.74) is 3.58. The standard InChI is InChI=1S/C18H22FN/c1-3-4-5-15-6-8-16(9-7-15)14(2)20-18-12-10-17(19)11-13-18/h6-14,20H,3-5H2,1-2H3. The Balaban J connectivity index is 1.98. The van der Waals surface area contributed by atoms with Crippen molar-refractivity contribution < 1.29 is 4.39 Å². The number of nitrogens with one attached hydrogen (secondary N) is 1. The van der Waals surface area contributed by atoms with Crippen molar-refractivity contribution in [1.29, 1.82) is 0 Å². The molecule has 106 valence electrons. The second-order valence-corrected chi connectivity index (χ2v) is 5.22. The fourth-order valence-electron chi connectivity index (χ4n) is 2.23. The summed E-state index contributed by atoms with van der Waals surface area (Å²) in [6.07, 6.45) is 3.61. The molecule has 2 rings (SSSR count). The molecule has 0 amide bonds. The van der Waals surface area contributed by atoms with Crippen molar-refractivity contribution in [1.82, 2.24) is 0 Å². The second kappa shape index (κ2) is 7.09. The molecule has 0 aliphatic carbocycles. The average molecular weight is 271 g/mol. The molecule has 0 aliphatic heterocycles. The topological polar surface area (TPSA) is 12.0 Å². The molecule has 1 atom stereocenters. The van der Waals surface area contributed by atoms with E-state index in [1.807, 2.05) is 0 Å². The van der Waals surface area contributed by atoms with E-state index < -0.39 is 0 Å². The molecular weight excluding hydrogens is 249 g/mol. The van der Waals surface area contributed by atoms with Gasteiger partial charge in [0.2, 0.25) is 0 Å². The lowest BCUT2D eigenvalue weighted by atomic mass is 10.0. The summed E-state index contributed by atoms with van der Waals surface area (Å²) in [5.74, 6) is -0.205. The first-order valence-electron chi connectivity index (χ1n) is 7.30. The highest BCUT2D eigenvalue weighted by Gasteiger charge is 2.05. The molecule has 20 heavy (non-hydrogen) atoms. The number of aryl methyl sites for hydroxylation is 1. The van der Waals surface area contributed by atoms with Gasteiger partial charge >= 0.3 is 0 Å². The van der Waals surface area contributed by atoms with Crippen LogP contribution in [-0.4, -0.2) is 0 Å². The van der Waals surface area contributed by atoms with Crippen molar-refractivity contribution >= 4 is 5.69 Å². The fraction of sp³-hybridized carbons (Fsp3) is 0.333. The van der Waals surface area contributed by atoms with E-state index in [4.69, 9.17) is 0 Å². The molecule has 0 spiro atoms.